The topological polar surface area (TPSA) is 40.5 Å². The van der Waals surface area contributed by atoms with Crippen molar-refractivity contribution in [2.75, 3.05) is 0 Å². The zero-order valence-electron chi connectivity index (χ0n) is 17.1. The smallest absolute Gasteiger partial charge is 0.122 e. The summed E-state index contributed by atoms with van der Waals surface area (Å²) in [5.41, 5.74) is 3.60. The van der Waals surface area contributed by atoms with Crippen molar-refractivity contribution in [2.24, 2.45) is 0 Å². The Morgan fingerprint density at radius 1 is 0.633 bits per heavy atom. The molecule has 0 radical (unpaired) electrons. The number of benzene rings is 4. The van der Waals surface area contributed by atoms with Crippen LogP contribution in [-0.2, 0) is 25.7 Å². The summed E-state index contributed by atoms with van der Waals surface area (Å²) >= 11 is 0. The van der Waals surface area contributed by atoms with Crippen LogP contribution in [0.15, 0.2) is 86.0 Å². The molecule has 0 saturated heterocycles. The highest BCUT2D eigenvalue weighted by Crippen LogP contribution is 2.36. The van der Waals surface area contributed by atoms with Crippen LogP contribution in [0.5, 0.6) is 11.5 Å². The number of hydrogen-bond acceptors (Lipinski definition) is 2. The van der Waals surface area contributed by atoms with Crippen LogP contribution in [0.2, 0.25) is 0 Å². The van der Waals surface area contributed by atoms with Crippen LogP contribution in [0, 0.1) is 0 Å². The first kappa shape index (κ1) is 19.8. The predicted molar refractivity (Wildman–Crippen MR) is 126 cm³/mol. The lowest BCUT2D eigenvalue weighted by Crippen LogP contribution is -1.99. The minimum absolute atomic E-state index is 0.333. The highest BCUT2D eigenvalue weighted by molar-refractivity contribution is 5.90. The van der Waals surface area contributed by atoms with Crippen LogP contribution in [0.25, 0.3) is 21.5 Å². The molecule has 0 aliphatic heterocycles. The lowest BCUT2D eigenvalue weighted by Gasteiger charge is -2.16. The fraction of sp³-hybridized carbons (Fsp3) is 0.143. The molecule has 4 aromatic rings. The third kappa shape index (κ3) is 3.57. The maximum atomic E-state index is 11.0. The Hall–Kier alpha value is -3.52. The van der Waals surface area contributed by atoms with Crippen molar-refractivity contribution >= 4 is 21.5 Å². The molecule has 0 atom stereocenters. The Morgan fingerprint density at radius 3 is 1.43 bits per heavy atom. The molecular formula is C28H26O2. The van der Waals surface area contributed by atoms with Crippen molar-refractivity contribution in [1.82, 2.24) is 0 Å². The van der Waals surface area contributed by atoms with E-state index in [1.807, 2.05) is 60.7 Å². The molecule has 0 amide bonds. The second-order valence-corrected chi connectivity index (χ2v) is 7.65. The van der Waals surface area contributed by atoms with Gasteiger partial charge in [-0.25, -0.2) is 0 Å². The summed E-state index contributed by atoms with van der Waals surface area (Å²) in [6.45, 7) is 7.64. The van der Waals surface area contributed by atoms with E-state index in [0.29, 0.717) is 37.2 Å². The molecule has 0 spiro atoms. The van der Waals surface area contributed by atoms with Gasteiger partial charge < -0.3 is 10.2 Å². The van der Waals surface area contributed by atoms with Gasteiger partial charge in [0.1, 0.15) is 11.5 Å². The average Bonchev–Trinajstić information content (AvgIpc) is 2.76. The number of aromatic hydroxyl groups is 2. The zero-order chi connectivity index (χ0) is 21.1. The second kappa shape index (κ2) is 8.46. The SMILES string of the molecule is C=CCc1cc2ccccc2c(CCc2c(O)c(CC=C)cc3ccccc23)c1O. The summed E-state index contributed by atoms with van der Waals surface area (Å²) in [5.74, 6) is 0.666. The maximum absolute atomic E-state index is 11.0. The Bertz CT molecular complexity index is 1150. The third-order valence-corrected chi connectivity index (χ3v) is 5.76. The standard InChI is InChI=1S/C28H26O2/c1-3-9-21-17-19-11-5-7-13-23(19)25(27(21)29)15-16-26-24-14-8-6-12-20(24)18-22(10-4-2)28(26)30/h3-8,11-14,17-18,29-30H,1-2,9-10,15-16H2. The van der Waals surface area contributed by atoms with E-state index in [4.69, 9.17) is 0 Å². The summed E-state index contributed by atoms with van der Waals surface area (Å²) in [4.78, 5) is 0. The molecule has 0 unspecified atom stereocenters. The van der Waals surface area contributed by atoms with E-state index in [2.05, 4.69) is 25.3 Å². The van der Waals surface area contributed by atoms with Crippen molar-refractivity contribution < 1.29 is 10.2 Å². The molecule has 4 rings (SSSR count). The van der Waals surface area contributed by atoms with Gasteiger partial charge in [0.05, 0.1) is 0 Å². The van der Waals surface area contributed by atoms with E-state index >= 15 is 0 Å². The monoisotopic (exact) mass is 394 g/mol. The third-order valence-electron chi connectivity index (χ3n) is 5.76. The number of phenols is 2. The lowest BCUT2D eigenvalue weighted by molar-refractivity contribution is 0.458. The van der Waals surface area contributed by atoms with Gasteiger partial charge >= 0.3 is 0 Å². The normalized spacial score (nSPS) is 11.1. The van der Waals surface area contributed by atoms with Crippen LogP contribution in [0.4, 0.5) is 0 Å². The summed E-state index contributed by atoms with van der Waals surface area (Å²) in [7, 11) is 0. The molecule has 0 heterocycles. The van der Waals surface area contributed by atoms with Gasteiger partial charge in [0.2, 0.25) is 0 Å². The summed E-state index contributed by atoms with van der Waals surface area (Å²) in [6, 6.07) is 20.3. The van der Waals surface area contributed by atoms with Gasteiger partial charge in [-0.05, 0) is 70.5 Å². The van der Waals surface area contributed by atoms with Crippen molar-refractivity contribution in [3.63, 3.8) is 0 Å². The first-order valence-electron chi connectivity index (χ1n) is 10.3. The van der Waals surface area contributed by atoms with E-state index in [1.54, 1.807) is 0 Å². The van der Waals surface area contributed by atoms with E-state index in [-0.39, 0.29) is 0 Å². The Morgan fingerprint density at radius 2 is 1.03 bits per heavy atom. The number of fused-ring (bicyclic) bond motifs is 2. The highest BCUT2D eigenvalue weighted by Gasteiger charge is 2.16. The molecule has 150 valence electrons. The highest BCUT2D eigenvalue weighted by atomic mass is 16.3. The molecule has 2 N–H and O–H groups in total. The summed E-state index contributed by atoms with van der Waals surface area (Å²) in [6.07, 6.45) is 6.12. The van der Waals surface area contributed by atoms with Gasteiger partial charge in [0.25, 0.3) is 0 Å². The van der Waals surface area contributed by atoms with Crippen molar-refractivity contribution in [2.45, 2.75) is 25.7 Å². The Balaban J connectivity index is 1.82. The van der Waals surface area contributed by atoms with Crippen LogP contribution in [0.3, 0.4) is 0 Å². The molecule has 2 heteroatoms. The molecule has 30 heavy (non-hydrogen) atoms. The van der Waals surface area contributed by atoms with Crippen molar-refractivity contribution in [3.8, 4) is 11.5 Å². The molecule has 4 aromatic carbocycles. The number of allylic oxidation sites excluding steroid dienone is 2. The minimum Gasteiger partial charge on any atom is -0.507 e. The Labute approximate surface area is 177 Å². The minimum atomic E-state index is 0.333. The first-order valence-corrected chi connectivity index (χ1v) is 10.3. The Kier molecular flexibility index (Phi) is 5.58. The largest absolute Gasteiger partial charge is 0.507 e. The lowest BCUT2D eigenvalue weighted by atomic mass is 9.90. The van der Waals surface area contributed by atoms with E-state index in [1.165, 1.54) is 0 Å². The molecule has 0 aliphatic carbocycles. The molecular weight excluding hydrogens is 368 g/mol. The number of rotatable bonds is 7. The van der Waals surface area contributed by atoms with Crippen LogP contribution < -0.4 is 0 Å². The number of hydrogen-bond donors (Lipinski definition) is 2. The van der Waals surface area contributed by atoms with Gasteiger partial charge in [-0.1, -0.05) is 60.7 Å². The average molecular weight is 395 g/mol. The molecule has 0 saturated carbocycles. The van der Waals surface area contributed by atoms with Crippen LogP contribution in [0.1, 0.15) is 22.3 Å². The van der Waals surface area contributed by atoms with Crippen LogP contribution in [-0.4, -0.2) is 10.2 Å². The molecule has 0 aliphatic rings. The van der Waals surface area contributed by atoms with Gasteiger partial charge in [0.15, 0.2) is 0 Å². The van der Waals surface area contributed by atoms with Crippen molar-refractivity contribution in [3.05, 3.63) is 108 Å². The van der Waals surface area contributed by atoms with Gasteiger partial charge in [-0.2, -0.15) is 0 Å². The quantitative estimate of drug-likeness (QED) is 0.345. The van der Waals surface area contributed by atoms with E-state index in [9.17, 15) is 10.2 Å². The number of aryl methyl sites for hydroxylation is 2. The van der Waals surface area contributed by atoms with Gasteiger partial charge in [-0.15, -0.1) is 13.2 Å². The van der Waals surface area contributed by atoms with E-state index < -0.39 is 0 Å². The molecule has 0 aromatic heterocycles. The van der Waals surface area contributed by atoms with Gasteiger partial charge in [0, 0.05) is 11.1 Å². The zero-order valence-corrected chi connectivity index (χ0v) is 17.1. The molecule has 0 fully saturated rings. The van der Waals surface area contributed by atoms with Crippen LogP contribution >= 0.6 is 0 Å². The predicted octanol–water partition coefficient (Wildman–Crippen LogP) is 6.65. The fourth-order valence-corrected chi connectivity index (χ4v) is 4.33. The summed E-state index contributed by atoms with van der Waals surface area (Å²) in [5, 5.41) is 26.3. The first-order chi connectivity index (χ1) is 14.6. The van der Waals surface area contributed by atoms with E-state index in [0.717, 1.165) is 43.8 Å². The molecule has 0 bridgehead atoms. The molecule has 2 nitrogen and oxygen atoms in total. The summed E-state index contributed by atoms with van der Waals surface area (Å²) < 4.78 is 0. The fourth-order valence-electron chi connectivity index (χ4n) is 4.33. The second-order valence-electron chi connectivity index (χ2n) is 7.65. The number of phenolic OH excluding ortho intramolecular Hbond substituents is 2. The maximum Gasteiger partial charge on any atom is 0.122 e. The van der Waals surface area contributed by atoms with Gasteiger partial charge in [-0.3, -0.25) is 0 Å². The van der Waals surface area contributed by atoms with Crippen molar-refractivity contribution in [1.29, 1.82) is 0 Å².